The van der Waals surface area contributed by atoms with Crippen LogP contribution < -0.4 is 15.2 Å². The lowest BCUT2D eigenvalue weighted by molar-refractivity contribution is 0.318. The molecule has 0 aromatic heterocycles. The molecule has 0 saturated heterocycles. The van der Waals surface area contributed by atoms with E-state index in [1.54, 1.807) is 19.2 Å². The third-order valence-corrected chi connectivity index (χ3v) is 3.57. The zero-order chi connectivity index (χ0) is 15.4. The molecule has 5 nitrogen and oxygen atoms in total. The Kier molecular flexibility index (Phi) is 4.70. The van der Waals surface area contributed by atoms with Gasteiger partial charge in [-0.2, -0.15) is 0 Å². The number of nitrogens with two attached hydrogens (primary N) is 1. The summed E-state index contributed by atoms with van der Waals surface area (Å²) in [5, 5.41) is 11.7. The van der Waals surface area contributed by atoms with E-state index >= 15 is 0 Å². The second kappa shape index (κ2) is 6.49. The minimum atomic E-state index is 0.0738. The van der Waals surface area contributed by atoms with Crippen LogP contribution in [0.3, 0.4) is 0 Å². The summed E-state index contributed by atoms with van der Waals surface area (Å²) in [6, 6.07) is 10.8. The predicted octanol–water partition coefficient (Wildman–Crippen LogP) is 3.65. The fourth-order valence-corrected chi connectivity index (χ4v) is 2.30. The lowest BCUT2D eigenvalue weighted by atomic mass is 10.1. The molecule has 0 aliphatic rings. The zero-order valence-electron chi connectivity index (χ0n) is 11.6. The maximum atomic E-state index is 8.72. The average molecular weight is 351 g/mol. The van der Waals surface area contributed by atoms with Crippen molar-refractivity contribution in [3.8, 4) is 17.2 Å². The first kappa shape index (κ1) is 15.2. The molecule has 0 heterocycles. The standard InChI is InChI=1S/C15H15BrN2O3/c1-9-7-11(3-5-12(9)15(17)18-19)21-14-6-4-10(20-2)8-13(14)16/h3-8,19H,1-2H3,(H2,17,18). The molecule has 2 aromatic rings. The number of ether oxygens (including phenoxy) is 2. The van der Waals surface area contributed by atoms with Gasteiger partial charge < -0.3 is 20.4 Å². The van der Waals surface area contributed by atoms with E-state index in [1.165, 1.54) is 0 Å². The largest absolute Gasteiger partial charge is 0.497 e. The molecule has 0 unspecified atom stereocenters. The molecule has 0 radical (unpaired) electrons. The summed E-state index contributed by atoms with van der Waals surface area (Å²) in [5.74, 6) is 2.15. The number of aryl methyl sites for hydroxylation is 1. The SMILES string of the molecule is COc1ccc(Oc2ccc(/C(N)=N/O)c(C)c2)c(Br)c1. The van der Waals surface area contributed by atoms with Crippen LogP contribution in [0.2, 0.25) is 0 Å². The normalized spacial score (nSPS) is 11.3. The minimum absolute atomic E-state index is 0.0738. The molecule has 0 amide bonds. The number of methoxy groups -OCH3 is 1. The number of benzene rings is 2. The van der Waals surface area contributed by atoms with Gasteiger partial charge in [0.05, 0.1) is 11.6 Å². The smallest absolute Gasteiger partial charge is 0.170 e. The highest BCUT2D eigenvalue weighted by atomic mass is 79.9. The number of hydrogen-bond acceptors (Lipinski definition) is 4. The number of rotatable bonds is 4. The molecule has 21 heavy (non-hydrogen) atoms. The zero-order valence-corrected chi connectivity index (χ0v) is 13.2. The van der Waals surface area contributed by atoms with Gasteiger partial charge in [0.2, 0.25) is 0 Å². The Morgan fingerprint density at radius 2 is 1.90 bits per heavy atom. The highest BCUT2D eigenvalue weighted by Crippen LogP contribution is 2.33. The number of oxime groups is 1. The molecular formula is C15H15BrN2O3. The van der Waals surface area contributed by atoms with Crippen LogP contribution in [0.5, 0.6) is 17.2 Å². The van der Waals surface area contributed by atoms with Crippen molar-refractivity contribution in [3.63, 3.8) is 0 Å². The van der Waals surface area contributed by atoms with Crippen molar-refractivity contribution in [2.24, 2.45) is 10.9 Å². The van der Waals surface area contributed by atoms with Crippen molar-refractivity contribution in [1.82, 2.24) is 0 Å². The molecule has 0 bridgehead atoms. The summed E-state index contributed by atoms with van der Waals surface area (Å²) < 4.78 is 11.7. The molecular weight excluding hydrogens is 336 g/mol. The summed E-state index contributed by atoms with van der Waals surface area (Å²) in [4.78, 5) is 0. The molecule has 0 fully saturated rings. The molecule has 3 N–H and O–H groups in total. The molecule has 0 atom stereocenters. The second-order valence-corrected chi connectivity index (χ2v) is 5.21. The van der Waals surface area contributed by atoms with Crippen LogP contribution >= 0.6 is 15.9 Å². The van der Waals surface area contributed by atoms with Crippen LogP contribution in [0.1, 0.15) is 11.1 Å². The second-order valence-electron chi connectivity index (χ2n) is 4.36. The molecule has 2 rings (SSSR count). The minimum Gasteiger partial charge on any atom is -0.497 e. The Morgan fingerprint density at radius 3 is 2.48 bits per heavy atom. The fraction of sp³-hybridized carbons (Fsp3) is 0.133. The predicted molar refractivity (Wildman–Crippen MR) is 84.5 cm³/mol. The highest BCUT2D eigenvalue weighted by Gasteiger charge is 2.08. The first-order valence-electron chi connectivity index (χ1n) is 6.15. The van der Waals surface area contributed by atoms with Gasteiger partial charge in [0.25, 0.3) is 0 Å². The van der Waals surface area contributed by atoms with Gasteiger partial charge in [-0.25, -0.2) is 0 Å². The Morgan fingerprint density at radius 1 is 1.19 bits per heavy atom. The fourth-order valence-electron chi connectivity index (χ4n) is 1.86. The van der Waals surface area contributed by atoms with Gasteiger partial charge in [0.15, 0.2) is 5.84 Å². The van der Waals surface area contributed by atoms with Crippen molar-refractivity contribution in [3.05, 3.63) is 52.0 Å². The van der Waals surface area contributed by atoms with Crippen molar-refractivity contribution in [1.29, 1.82) is 0 Å². The Hall–Kier alpha value is -2.21. The van der Waals surface area contributed by atoms with Crippen LogP contribution in [0.25, 0.3) is 0 Å². The summed E-state index contributed by atoms with van der Waals surface area (Å²) in [5.41, 5.74) is 7.11. The number of amidine groups is 1. The van der Waals surface area contributed by atoms with Crippen LogP contribution in [0, 0.1) is 6.92 Å². The van der Waals surface area contributed by atoms with E-state index in [0.717, 1.165) is 15.8 Å². The maximum Gasteiger partial charge on any atom is 0.170 e. The topological polar surface area (TPSA) is 77.1 Å². The van der Waals surface area contributed by atoms with Gasteiger partial charge in [0.1, 0.15) is 17.2 Å². The molecule has 0 saturated carbocycles. The molecule has 0 aliphatic heterocycles. The molecule has 0 aliphatic carbocycles. The number of halogens is 1. The highest BCUT2D eigenvalue weighted by molar-refractivity contribution is 9.10. The van der Waals surface area contributed by atoms with Crippen molar-refractivity contribution in [2.45, 2.75) is 6.92 Å². The van der Waals surface area contributed by atoms with E-state index < -0.39 is 0 Å². The van der Waals surface area contributed by atoms with E-state index in [9.17, 15) is 0 Å². The lowest BCUT2D eigenvalue weighted by Crippen LogP contribution is -2.14. The van der Waals surface area contributed by atoms with Crippen molar-refractivity contribution in [2.75, 3.05) is 7.11 Å². The van der Waals surface area contributed by atoms with Crippen molar-refractivity contribution >= 4 is 21.8 Å². The first-order valence-corrected chi connectivity index (χ1v) is 6.94. The average Bonchev–Trinajstić information content (AvgIpc) is 2.48. The van der Waals surface area contributed by atoms with Gasteiger partial charge in [-0.05, 0) is 64.8 Å². The number of hydrogen-bond donors (Lipinski definition) is 2. The maximum absolute atomic E-state index is 8.72. The quantitative estimate of drug-likeness (QED) is 0.382. The Bertz CT molecular complexity index is 687. The van der Waals surface area contributed by atoms with E-state index in [2.05, 4.69) is 21.1 Å². The van der Waals surface area contributed by atoms with E-state index in [0.29, 0.717) is 17.1 Å². The van der Waals surface area contributed by atoms with E-state index in [1.807, 2.05) is 31.2 Å². The van der Waals surface area contributed by atoms with E-state index in [4.69, 9.17) is 20.4 Å². The van der Waals surface area contributed by atoms with Crippen LogP contribution in [0.4, 0.5) is 0 Å². The third kappa shape index (κ3) is 3.46. The van der Waals surface area contributed by atoms with E-state index in [-0.39, 0.29) is 5.84 Å². The molecule has 110 valence electrons. The van der Waals surface area contributed by atoms with Gasteiger partial charge >= 0.3 is 0 Å². The monoisotopic (exact) mass is 350 g/mol. The lowest BCUT2D eigenvalue weighted by Gasteiger charge is -2.11. The van der Waals surface area contributed by atoms with Crippen LogP contribution in [-0.4, -0.2) is 18.2 Å². The summed E-state index contributed by atoms with van der Waals surface area (Å²) in [6.07, 6.45) is 0. The van der Waals surface area contributed by atoms with Gasteiger partial charge in [0, 0.05) is 5.56 Å². The molecule has 6 heteroatoms. The Labute approximate surface area is 131 Å². The van der Waals surface area contributed by atoms with Gasteiger partial charge in [-0.3, -0.25) is 0 Å². The summed E-state index contributed by atoms with van der Waals surface area (Å²) in [7, 11) is 1.61. The van der Waals surface area contributed by atoms with Crippen LogP contribution in [-0.2, 0) is 0 Å². The van der Waals surface area contributed by atoms with Crippen molar-refractivity contribution < 1.29 is 14.7 Å². The molecule has 0 spiro atoms. The van der Waals surface area contributed by atoms with Gasteiger partial charge in [-0.15, -0.1) is 0 Å². The number of nitrogens with zero attached hydrogens (tertiary/aromatic N) is 1. The first-order chi connectivity index (χ1) is 10.0. The third-order valence-electron chi connectivity index (χ3n) is 2.95. The Balaban J connectivity index is 2.26. The summed E-state index contributed by atoms with van der Waals surface area (Å²) >= 11 is 3.44. The summed E-state index contributed by atoms with van der Waals surface area (Å²) in [6.45, 7) is 1.86. The molecule has 2 aromatic carbocycles. The van der Waals surface area contributed by atoms with Gasteiger partial charge in [-0.1, -0.05) is 5.16 Å². The van der Waals surface area contributed by atoms with Crippen LogP contribution in [0.15, 0.2) is 46.0 Å².